The molecule has 2 rings (SSSR count). The quantitative estimate of drug-likeness (QED) is 0.648. The van der Waals surface area contributed by atoms with E-state index in [2.05, 4.69) is 16.1 Å². The van der Waals surface area contributed by atoms with Crippen LogP contribution in [0, 0.1) is 6.92 Å². The minimum atomic E-state index is -0.843. The van der Waals surface area contributed by atoms with Crippen LogP contribution < -0.4 is 21.1 Å². The highest BCUT2D eigenvalue weighted by Gasteiger charge is 2.49. The summed E-state index contributed by atoms with van der Waals surface area (Å²) in [4.78, 5) is 12.4. The van der Waals surface area contributed by atoms with E-state index in [-0.39, 0.29) is 5.91 Å². The number of hydrogen-bond acceptors (Lipinski definition) is 4. The molecule has 0 fully saturated rings. The third kappa shape index (κ3) is 1.47. The average molecular weight is 234 g/mol. The second-order valence-corrected chi connectivity index (χ2v) is 4.13. The summed E-state index contributed by atoms with van der Waals surface area (Å²) in [5.74, 6) is -0.0504. The third-order valence-electron chi connectivity index (χ3n) is 3.29. The number of hydrazine groups is 1. The van der Waals surface area contributed by atoms with Crippen molar-refractivity contribution in [2.24, 2.45) is 0 Å². The number of amides is 1. The Morgan fingerprint density at radius 3 is 2.35 bits per heavy atom. The van der Waals surface area contributed by atoms with Crippen molar-refractivity contribution >= 4 is 11.6 Å². The third-order valence-corrected chi connectivity index (χ3v) is 3.29. The molecule has 0 spiro atoms. The zero-order valence-electron chi connectivity index (χ0n) is 10.6. The zero-order valence-corrected chi connectivity index (χ0v) is 10.6. The molecule has 17 heavy (non-hydrogen) atoms. The van der Waals surface area contributed by atoms with E-state index < -0.39 is 5.66 Å². The number of carbonyl (C=O) groups is 1. The Labute approximate surface area is 101 Å². The molecular weight excluding hydrogens is 216 g/mol. The maximum absolute atomic E-state index is 12.4. The Hall–Kier alpha value is -1.43. The van der Waals surface area contributed by atoms with Crippen molar-refractivity contribution in [3.63, 3.8) is 0 Å². The highest BCUT2D eigenvalue weighted by molar-refractivity contribution is 6.06. The van der Waals surface area contributed by atoms with Crippen molar-refractivity contribution in [3.05, 3.63) is 29.3 Å². The average Bonchev–Trinajstić information content (AvgIpc) is 2.57. The fourth-order valence-corrected chi connectivity index (χ4v) is 2.37. The van der Waals surface area contributed by atoms with E-state index in [1.54, 1.807) is 26.2 Å². The van der Waals surface area contributed by atoms with Gasteiger partial charge in [0, 0.05) is 12.6 Å². The maximum Gasteiger partial charge on any atom is 0.281 e. The number of carbonyl (C=O) groups excluding carboxylic acids is 1. The Balaban J connectivity index is 2.67. The topological polar surface area (TPSA) is 56.4 Å². The summed E-state index contributed by atoms with van der Waals surface area (Å²) in [6.07, 6.45) is 0. The first-order valence-corrected chi connectivity index (χ1v) is 5.61. The monoisotopic (exact) mass is 234 g/mol. The van der Waals surface area contributed by atoms with Crippen LogP contribution in [0.4, 0.5) is 5.69 Å². The lowest BCUT2D eigenvalue weighted by Gasteiger charge is -2.27. The van der Waals surface area contributed by atoms with Gasteiger partial charge in [-0.2, -0.15) is 0 Å². The molecule has 1 aliphatic rings. The first-order valence-electron chi connectivity index (χ1n) is 5.61. The lowest BCUT2D eigenvalue weighted by atomic mass is 9.99. The van der Waals surface area contributed by atoms with Crippen LogP contribution >= 0.6 is 0 Å². The second-order valence-electron chi connectivity index (χ2n) is 4.13. The molecule has 0 saturated carbocycles. The fourth-order valence-electron chi connectivity index (χ4n) is 2.37. The van der Waals surface area contributed by atoms with Crippen LogP contribution in [0.1, 0.15) is 11.1 Å². The number of fused-ring (bicyclic) bond motifs is 1. The summed E-state index contributed by atoms with van der Waals surface area (Å²) in [5.41, 5.74) is 5.03. The predicted octanol–water partition coefficient (Wildman–Crippen LogP) is 0.0676. The molecular formula is C12H18N4O. The Kier molecular flexibility index (Phi) is 2.91. The first-order chi connectivity index (χ1) is 8.10. The number of likely N-dealkylation sites (N-methyl/N-ethyl adjacent to an activating group) is 2. The highest BCUT2D eigenvalue weighted by Crippen LogP contribution is 2.37. The van der Waals surface area contributed by atoms with Gasteiger partial charge in [0.25, 0.3) is 5.91 Å². The summed E-state index contributed by atoms with van der Waals surface area (Å²) in [5, 5.41) is 7.72. The van der Waals surface area contributed by atoms with Gasteiger partial charge in [0.15, 0.2) is 5.66 Å². The van der Waals surface area contributed by atoms with Gasteiger partial charge in [-0.15, -0.1) is 0 Å². The summed E-state index contributed by atoms with van der Waals surface area (Å²) in [6.45, 7) is 2.02. The van der Waals surface area contributed by atoms with E-state index in [1.165, 1.54) is 0 Å². The standard InChI is InChI=1S/C12H18N4O/c1-8-5-6-10-9(7-8)12(13-2,14-3)11(17)16(10)15-4/h5-7,13-15H,1-4H3. The minimum absolute atomic E-state index is 0.0504. The van der Waals surface area contributed by atoms with E-state index in [9.17, 15) is 4.79 Å². The highest BCUT2D eigenvalue weighted by atomic mass is 16.2. The zero-order chi connectivity index (χ0) is 12.6. The SMILES string of the molecule is CNN1C(=O)C(NC)(NC)c2cc(C)ccc21. The summed E-state index contributed by atoms with van der Waals surface area (Å²) < 4.78 is 0. The van der Waals surface area contributed by atoms with Crippen LogP contribution in [0.3, 0.4) is 0 Å². The molecule has 1 amide bonds. The van der Waals surface area contributed by atoms with Crippen LogP contribution in [0.25, 0.3) is 0 Å². The van der Waals surface area contributed by atoms with Gasteiger partial charge in [0.05, 0.1) is 5.69 Å². The van der Waals surface area contributed by atoms with E-state index in [0.717, 1.165) is 16.8 Å². The number of nitrogens with zero attached hydrogens (tertiary/aromatic N) is 1. The number of aryl methyl sites for hydroxylation is 1. The summed E-state index contributed by atoms with van der Waals surface area (Å²) in [6, 6.07) is 5.98. The van der Waals surface area contributed by atoms with Crippen LogP contribution in [0.15, 0.2) is 18.2 Å². The van der Waals surface area contributed by atoms with Crippen LogP contribution in [-0.4, -0.2) is 27.1 Å². The molecule has 0 aliphatic carbocycles. The van der Waals surface area contributed by atoms with Crippen molar-refractivity contribution in [2.45, 2.75) is 12.6 Å². The number of anilines is 1. The second kappa shape index (κ2) is 4.10. The van der Waals surface area contributed by atoms with Crippen LogP contribution in [0.5, 0.6) is 0 Å². The van der Waals surface area contributed by atoms with Crippen molar-refractivity contribution < 1.29 is 4.79 Å². The number of benzene rings is 1. The summed E-state index contributed by atoms with van der Waals surface area (Å²) >= 11 is 0. The molecule has 92 valence electrons. The molecule has 0 radical (unpaired) electrons. The number of hydrogen-bond donors (Lipinski definition) is 3. The van der Waals surface area contributed by atoms with Gasteiger partial charge >= 0.3 is 0 Å². The van der Waals surface area contributed by atoms with Crippen molar-refractivity contribution in [1.29, 1.82) is 0 Å². The lowest BCUT2D eigenvalue weighted by Crippen LogP contribution is -2.59. The molecule has 0 atom stereocenters. The normalized spacial score (nSPS) is 17.4. The smallest absolute Gasteiger partial charge is 0.281 e. The van der Waals surface area contributed by atoms with Gasteiger partial charge in [-0.1, -0.05) is 17.7 Å². The molecule has 0 unspecified atom stereocenters. The Morgan fingerprint density at radius 1 is 1.18 bits per heavy atom. The van der Waals surface area contributed by atoms with Gasteiger partial charge in [-0.25, -0.2) is 10.4 Å². The van der Waals surface area contributed by atoms with Crippen molar-refractivity contribution in [1.82, 2.24) is 16.1 Å². The van der Waals surface area contributed by atoms with Crippen LogP contribution in [0.2, 0.25) is 0 Å². The van der Waals surface area contributed by atoms with Gasteiger partial charge in [-0.3, -0.25) is 15.4 Å². The van der Waals surface area contributed by atoms with Crippen molar-refractivity contribution in [3.8, 4) is 0 Å². The molecule has 0 saturated heterocycles. The van der Waals surface area contributed by atoms with Crippen molar-refractivity contribution in [2.75, 3.05) is 26.2 Å². The molecule has 1 aliphatic heterocycles. The number of nitrogens with one attached hydrogen (secondary N) is 3. The van der Waals surface area contributed by atoms with Gasteiger partial charge < -0.3 is 0 Å². The molecule has 3 N–H and O–H groups in total. The van der Waals surface area contributed by atoms with Gasteiger partial charge in [-0.05, 0) is 27.1 Å². The molecule has 1 aromatic rings. The fraction of sp³-hybridized carbons (Fsp3) is 0.417. The molecule has 5 heteroatoms. The van der Waals surface area contributed by atoms with Gasteiger partial charge in [0.2, 0.25) is 0 Å². The lowest BCUT2D eigenvalue weighted by molar-refractivity contribution is -0.125. The van der Waals surface area contributed by atoms with Crippen LogP contribution in [-0.2, 0) is 10.5 Å². The maximum atomic E-state index is 12.4. The predicted molar refractivity (Wildman–Crippen MR) is 67.5 cm³/mol. The van der Waals surface area contributed by atoms with E-state index in [4.69, 9.17) is 0 Å². The van der Waals surface area contributed by atoms with E-state index >= 15 is 0 Å². The molecule has 0 aromatic heterocycles. The summed E-state index contributed by atoms with van der Waals surface area (Å²) in [7, 11) is 5.29. The van der Waals surface area contributed by atoms with E-state index in [0.29, 0.717) is 0 Å². The molecule has 5 nitrogen and oxygen atoms in total. The first kappa shape index (κ1) is 12.0. The van der Waals surface area contributed by atoms with Gasteiger partial charge in [0.1, 0.15) is 0 Å². The number of rotatable bonds is 3. The minimum Gasteiger partial charge on any atom is -0.291 e. The van der Waals surface area contributed by atoms with E-state index in [1.807, 2.05) is 25.1 Å². The molecule has 0 bridgehead atoms. The molecule has 1 aromatic carbocycles. The Bertz CT molecular complexity index is 454. The molecule has 1 heterocycles. The largest absolute Gasteiger partial charge is 0.291 e. The Morgan fingerprint density at radius 2 is 1.82 bits per heavy atom.